The lowest BCUT2D eigenvalue weighted by atomic mass is 10.2. The Kier molecular flexibility index (Phi) is 9.53. The summed E-state index contributed by atoms with van der Waals surface area (Å²) in [5.74, 6) is 1.12. The Bertz CT molecular complexity index is 911. The zero-order chi connectivity index (χ0) is 22.3. The Morgan fingerprint density at radius 1 is 0.967 bits per heavy atom. The van der Waals surface area contributed by atoms with E-state index in [1.807, 2.05) is 6.92 Å². The second-order valence-electron chi connectivity index (χ2n) is 6.68. The van der Waals surface area contributed by atoms with Gasteiger partial charge in [0.25, 0.3) is 0 Å². The third kappa shape index (κ3) is 6.64. The molecule has 2 aromatic rings. The van der Waals surface area contributed by atoms with Gasteiger partial charge in [-0.05, 0) is 36.4 Å². The Morgan fingerprint density at radius 2 is 1.57 bits per heavy atom. The van der Waals surface area contributed by atoms with Crippen LogP contribution in [0.3, 0.4) is 0 Å². The van der Waals surface area contributed by atoms with Crippen LogP contribution in [0, 0.1) is 5.92 Å². The zero-order valence-corrected chi connectivity index (χ0v) is 19.6. The monoisotopic (exact) mass is 496 g/mol. The summed E-state index contributed by atoms with van der Waals surface area (Å²) in [6.45, 7) is 2.36. The van der Waals surface area contributed by atoms with Crippen molar-refractivity contribution in [1.82, 2.24) is 0 Å². The molecular weight excluding hydrogens is 475 g/mol. The average Bonchev–Trinajstić information content (AvgIpc) is 2.71. The normalized spacial score (nSPS) is 13.7. The first-order valence-electron chi connectivity index (χ1n) is 9.01. The van der Waals surface area contributed by atoms with Gasteiger partial charge < -0.3 is 19.3 Å². The SMILES string of the molecule is COC[C@H](O)COc1ccc(S(=O)(=O)c2cc(Cl)c(OC[C@@H](C)CCl)c(Cl)c2)cc1. The van der Waals surface area contributed by atoms with Gasteiger partial charge in [0, 0.05) is 18.9 Å². The van der Waals surface area contributed by atoms with Crippen molar-refractivity contribution in [3.05, 3.63) is 46.4 Å². The second-order valence-corrected chi connectivity index (χ2v) is 9.75. The number of hydrogen-bond acceptors (Lipinski definition) is 6. The van der Waals surface area contributed by atoms with Gasteiger partial charge >= 0.3 is 0 Å². The highest BCUT2D eigenvalue weighted by Gasteiger charge is 2.22. The molecule has 6 nitrogen and oxygen atoms in total. The van der Waals surface area contributed by atoms with Crippen LogP contribution in [-0.4, -0.2) is 52.4 Å². The molecule has 0 spiro atoms. The highest BCUT2D eigenvalue weighted by atomic mass is 35.5. The minimum Gasteiger partial charge on any atom is -0.491 e. The highest BCUT2D eigenvalue weighted by molar-refractivity contribution is 7.91. The molecule has 0 aromatic heterocycles. The van der Waals surface area contributed by atoms with Crippen molar-refractivity contribution < 1.29 is 27.7 Å². The van der Waals surface area contributed by atoms with Crippen LogP contribution < -0.4 is 9.47 Å². The number of methoxy groups -OCH3 is 1. The summed E-state index contributed by atoms with van der Waals surface area (Å²) in [5.41, 5.74) is 0. The molecule has 0 radical (unpaired) electrons. The summed E-state index contributed by atoms with van der Waals surface area (Å²) in [4.78, 5) is -0.0109. The van der Waals surface area contributed by atoms with E-state index in [4.69, 9.17) is 49.0 Å². The van der Waals surface area contributed by atoms with E-state index >= 15 is 0 Å². The van der Waals surface area contributed by atoms with Gasteiger partial charge in [-0.25, -0.2) is 8.42 Å². The Balaban J connectivity index is 2.18. The van der Waals surface area contributed by atoms with E-state index in [9.17, 15) is 13.5 Å². The van der Waals surface area contributed by atoms with Crippen LogP contribution in [0.2, 0.25) is 10.0 Å². The van der Waals surface area contributed by atoms with E-state index in [2.05, 4.69) is 0 Å². The lowest BCUT2D eigenvalue weighted by Crippen LogP contribution is -2.22. The molecule has 0 saturated carbocycles. The number of aliphatic hydroxyl groups excluding tert-OH is 1. The fourth-order valence-corrected chi connectivity index (χ4v) is 4.51. The number of alkyl halides is 1. The Morgan fingerprint density at radius 3 is 2.10 bits per heavy atom. The molecule has 2 aromatic carbocycles. The van der Waals surface area contributed by atoms with Gasteiger partial charge in [0.1, 0.15) is 18.5 Å². The van der Waals surface area contributed by atoms with Crippen molar-refractivity contribution >= 4 is 44.6 Å². The van der Waals surface area contributed by atoms with E-state index in [1.54, 1.807) is 0 Å². The first kappa shape index (κ1) is 25.0. The molecule has 0 amide bonds. The molecule has 2 atom stereocenters. The van der Waals surface area contributed by atoms with E-state index in [-0.39, 0.29) is 44.7 Å². The van der Waals surface area contributed by atoms with Crippen LogP contribution in [0.1, 0.15) is 6.92 Å². The van der Waals surface area contributed by atoms with Crippen LogP contribution in [0.15, 0.2) is 46.2 Å². The molecule has 0 bridgehead atoms. The van der Waals surface area contributed by atoms with Crippen molar-refractivity contribution in [2.45, 2.75) is 22.8 Å². The molecule has 1 N–H and O–H groups in total. The molecule has 2 rings (SSSR count). The van der Waals surface area contributed by atoms with Gasteiger partial charge in [0.15, 0.2) is 5.75 Å². The van der Waals surface area contributed by atoms with Gasteiger partial charge in [0.05, 0.1) is 33.0 Å². The smallest absolute Gasteiger partial charge is 0.206 e. The van der Waals surface area contributed by atoms with Crippen LogP contribution in [0.4, 0.5) is 0 Å². The van der Waals surface area contributed by atoms with Crippen molar-refractivity contribution in [1.29, 1.82) is 0 Å². The fraction of sp³-hybridized carbons (Fsp3) is 0.400. The molecule has 10 heteroatoms. The third-order valence-corrected chi connectivity index (χ3v) is 6.83. The molecular formula is C20H23Cl3O6S. The average molecular weight is 498 g/mol. The summed E-state index contributed by atoms with van der Waals surface area (Å²) in [5, 5.41) is 9.80. The van der Waals surface area contributed by atoms with Gasteiger partial charge in [0.2, 0.25) is 9.84 Å². The van der Waals surface area contributed by atoms with Crippen LogP contribution >= 0.6 is 34.8 Å². The number of aliphatic hydroxyl groups is 1. The van der Waals surface area contributed by atoms with Crippen molar-refractivity contribution in [2.24, 2.45) is 5.92 Å². The molecule has 0 heterocycles. The summed E-state index contributed by atoms with van der Waals surface area (Å²) < 4.78 is 41.7. The van der Waals surface area contributed by atoms with E-state index in [0.29, 0.717) is 18.2 Å². The first-order valence-corrected chi connectivity index (χ1v) is 11.8. The summed E-state index contributed by atoms with van der Waals surface area (Å²) >= 11 is 18.2. The maximum Gasteiger partial charge on any atom is 0.206 e. The Labute approximate surface area is 191 Å². The number of halogens is 3. The van der Waals surface area contributed by atoms with E-state index < -0.39 is 15.9 Å². The maximum atomic E-state index is 13.0. The molecule has 0 aliphatic rings. The molecule has 0 unspecified atom stereocenters. The maximum absolute atomic E-state index is 13.0. The lowest BCUT2D eigenvalue weighted by Gasteiger charge is -2.15. The van der Waals surface area contributed by atoms with E-state index in [0.717, 1.165) is 0 Å². The van der Waals surface area contributed by atoms with Gasteiger partial charge in [-0.2, -0.15) is 0 Å². The van der Waals surface area contributed by atoms with Gasteiger partial charge in [-0.15, -0.1) is 11.6 Å². The number of hydrogen-bond donors (Lipinski definition) is 1. The minimum atomic E-state index is -3.86. The van der Waals surface area contributed by atoms with Gasteiger partial charge in [-0.1, -0.05) is 30.1 Å². The Hall–Kier alpha value is -1.22. The number of ether oxygens (including phenoxy) is 3. The van der Waals surface area contributed by atoms with Gasteiger partial charge in [-0.3, -0.25) is 0 Å². The summed E-state index contributed by atoms with van der Waals surface area (Å²) in [7, 11) is -2.39. The van der Waals surface area contributed by atoms with Crippen molar-refractivity contribution in [3.8, 4) is 11.5 Å². The van der Waals surface area contributed by atoms with Crippen molar-refractivity contribution in [2.75, 3.05) is 32.8 Å². The predicted molar refractivity (Wildman–Crippen MR) is 117 cm³/mol. The van der Waals surface area contributed by atoms with Crippen LogP contribution in [-0.2, 0) is 14.6 Å². The third-order valence-electron chi connectivity index (χ3n) is 3.99. The number of sulfone groups is 1. The van der Waals surface area contributed by atoms with Crippen molar-refractivity contribution in [3.63, 3.8) is 0 Å². The zero-order valence-electron chi connectivity index (χ0n) is 16.5. The largest absolute Gasteiger partial charge is 0.491 e. The molecule has 30 heavy (non-hydrogen) atoms. The fourth-order valence-electron chi connectivity index (χ4n) is 2.38. The van der Waals surface area contributed by atoms with Crippen LogP contribution in [0.25, 0.3) is 0 Å². The topological polar surface area (TPSA) is 82.1 Å². The van der Waals surface area contributed by atoms with Crippen LogP contribution in [0.5, 0.6) is 11.5 Å². The molecule has 0 fully saturated rings. The highest BCUT2D eigenvalue weighted by Crippen LogP contribution is 2.37. The molecule has 166 valence electrons. The summed E-state index contributed by atoms with van der Waals surface area (Å²) in [6, 6.07) is 8.41. The first-order chi connectivity index (χ1) is 14.2. The molecule has 0 aliphatic heterocycles. The predicted octanol–water partition coefficient (Wildman–Crippen LogP) is 4.47. The summed E-state index contributed by atoms with van der Waals surface area (Å²) in [6.07, 6.45) is -0.782. The van der Waals surface area contributed by atoms with E-state index in [1.165, 1.54) is 43.5 Å². The lowest BCUT2D eigenvalue weighted by molar-refractivity contribution is 0.0325. The number of benzene rings is 2. The standard InChI is InChI=1S/C20H23Cl3O6S/c1-13(9-21)10-29-20-18(22)7-17(8-19(20)23)30(25,26)16-5-3-15(4-6-16)28-12-14(24)11-27-2/h3-8,13-14,24H,9-12H2,1-2H3/t13-,14-/m0/s1. The molecule has 0 aliphatic carbocycles. The molecule has 0 saturated heterocycles. The minimum absolute atomic E-state index is 0.0228. The number of rotatable bonds is 11. The quantitative estimate of drug-likeness (QED) is 0.461. The second kappa shape index (κ2) is 11.4.